The number of methoxy groups -OCH3 is 1. The Balaban J connectivity index is 1.97. The second-order valence-electron chi connectivity index (χ2n) is 5.30. The van der Waals surface area contributed by atoms with Crippen molar-refractivity contribution in [3.05, 3.63) is 29.6 Å². The van der Waals surface area contributed by atoms with E-state index in [1.165, 1.54) is 13.2 Å². The topological polar surface area (TPSA) is 49.8 Å². The number of rotatable bonds is 5. The van der Waals surface area contributed by atoms with Gasteiger partial charge in [-0.3, -0.25) is 9.69 Å². The summed E-state index contributed by atoms with van der Waals surface area (Å²) < 4.78 is 18.9. The van der Waals surface area contributed by atoms with Gasteiger partial charge in [0.1, 0.15) is 11.6 Å². The number of nitrogens with zero attached hydrogens (tertiary/aromatic N) is 1. The Bertz CT molecular complexity index is 478. The molecule has 0 amide bonds. The monoisotopic (exact) mass is 281 g/mol. The number of carboxylic acid groups (broad SMARTS) is 1. The van der Waals surface area contributed by atoms with E-state index >= 15 is 0 Å². The number of ether oxygens (including phenoxy) is 1. The van der Waals surface area contributed by atoms with Gasteiger partial charge in [-0.2, -0.15) is 0 Å². The summed E-state index contributed by atoms with van der Waals surface area (Å²) in [6.07, 6.45) is 2.10. The molecule has 0 bridgehead atoms. The smallest absolute Gasteiger partial charge is 0.303 e. The Morgan fingerprint density at radius 2 is 2.35 bits per heavy atom. The number of likely N-dealkylation sites (tertiary alicyclic amines) is 1. The Morgan fingerprint density at radius 1 is 1.55 bits per heavy atom. The molecule has 0 radical (unpaired) electrons. The van der Waals surface area contributed by atoms with Gasteiger partial charge in [-0.15, -0.1) is 0 Å². The fourth-order valence-corrected chi connectivity index (χ4v) is 2.73. The first-order chi connectivity index (χ1) is 9.58. The van der Waals surface area contributed by atoms with E-state index in [0.29, 0.717) is 17.9 Å². The molecule has 2 rings (SSSR count). The fourth-order valence-electron chi connectivity index (χ4n) is 2.73. The third-order valence-corrected chi connectivity index (χ3v) is 3.72. The number of benzene rings is 1. The van der Waals surface area contributed by atoms with Gasteiger partial charge in [-0.1, -0.05) is 6.07 Å². The predicted molar refractivity (Wildman–Crippen MR) is 73.2 cm³/mol. The number of hydrogen-bond acceptors (Lipinski definition) is 3. The van der Waals surface area contributed by atoms with Gasteiger partial charge in [0.2, 0.25) is 0 Å². The molecule has 1 saturated heterocycles. The van der Waals surface area contributed by atoms with Gasteiger partial charge in [0.05, 0.1) is 7.11 Å². The summed E-state index contributed by atoms with van der Waals surface area (Å²) in [5.41, 5.74) is 0.627. The highest BCUT2D eigenvalue weighted by Gasteiger charge is 2.22. The first-order valence-corrected chi connectivity index (χ1v) is 6.85. The molecule has 1 aliphatic rings. The maximum Gasteiger partial charge on any atom is 0.303 e. The zero-order chi connectivity index (χ0) is 14.5. The van der Waals surface area contributed by atoms with Crippen LogP contribution in [0.15, 0.2) is 18.2 Å². The standard InChI is InChI=1S/C15H20FNO3/c1-20-13-5-4-12(14(16)8-13)10-17-6-2-3-11(9-17)7-15(18)19/h4-5,8,11H,2-3,6-7,9-10H2,1H3,(H,18,19). The molecule has 110 valence electrons. The number of piperidine rings is 1. The van der Waals surface area contributed by atoms with Crippen molar-refractivity contribution in [2.75, 3.05) is 20.2 Å². The van der Waals surface area contributed by atoms with Gasteiger partial charge in [0.25, 0.3) is 0 Å². The van der Waals surface area contributed by atoms with Crippen molar-refractivity contribution in [2.45, 2.75) is 25.8 Å². The van der Waals surface area contributed by atoms with E-state index < -0.39 is 5.97 Å². The van der Waals surface area contributed by atoms with Crippen LogP contribution in [0.1, 0.15) is 24.8 Å². The molecule has 4 nitrogen and oxygen atoms in total. The van der Waals surface area contributed by atoms with Crippen LogP contribution < -0.4 is 4.74 Å². The van der Waals surface area contributed by atoms with Crippen LogP contribution in [0.3, 0.4) is 0 Å². The highest BCUT2D eigenvalue weighted by atomic mass is 19.1. The van der Waals surface area contributed by atoms with Crippen LogP contribution in [-0.4, -0.2) is 36.2 Å². The number of aliphatic carboxylic acids is 1. The van der Waals surface area contributed by atoms with E-state index in [-0.39, 0.29) is 18.2 Å². The molecule has 0 spiro atoms. The fraction of sp³-hybridized carbons (Fsp3) is 0.533. The Morgan fingerprint density at radius 3 is 3.00 bits per heavy atom. The highest BCUT2D eigenvalue weighted by Crippen LogP contribution is 2.23. The summed E-state index contributed by atoms with van der Waals surface area (Å²) in [7, 11) is 1.51. The Labute approximate surface area is 118 Å². The van der Waals surface area contributed by atoms with E-state index in [4.69, 9.17) is 9.84 Å². The van der Waals surface area contributed by atoms with Crippen molar-refractivity contribution >= 4 is 5.97 Å². The molecule has 1 aliphatic heterocycles. The summed E-state index contributed by atoms with van der Waals surface area (Å²) in [6, 6.07) is 4.86. The molecule has 0 aromatic heterocycles. The molecule has 1 N–H and O–H groups in total. The average molecular weight is 281 g/mol. The van der Waals surface area contributed by atoms with Crippen LogP contribution in [0.4, 0.5) is 4.39 Å². The maximum absolute atomic E-state index is 13.9. The van der Waals surface area contributed by atoms with E-state index in [1.54, 1.807) is 12.1 Å². The van der Waals surface area contributed by atoms with Gasteiger partial charge in [-0.25, -0.2) is 4.39 Å². The lowest BCUT2D eigenvalue weighted by Gasteiger charge is -2.32. The summed E-state index contributed by atoms with van der Waals surface area (Å²) in [4.78, 5) is 12.9. The minimum absolute atomic E-state index is 0.169. The van der Waals surface area contributed by atoms with Crippen molar-refractivity contribution < 1.29 is 19.0 Å². The average Bonchev–Trinajstić information content (AvgIpc) is 2.41. The van der Waals surface area contributed by atoms with Gasteiger partial charge in [0, 0.05) is 31.1 Å². The lowest BCUT2D eigenvalue weighted by molar-refractivity contribution is -0.138. The number of carbonyl (C=O) groups is 1. The van der Waals surface area contributed by atoms with E-state index in [9.17, 15) is 9.18 Å². The van der Waals surface area contributed by atoms with Crippen molar-refractivity contribution in [2.24, 2.45) is 5.92 Å². The normalized spacial score (nSPS) is 19.8. The largest absolute Gasteiger partial charge is 0.497 e. The molecule has 1 fully saturated rings. The van der Waals surface area contributed by atoms with Crippen LogP contribution >= 0.6 is 0 Å². The van der Waals surface area contributed by atoms with Crippen molar-refractivity contribution in [3.63, 3.8) is 0 Å². The van der Waals surface area contributed by atoms with Gasteiger partial charge in [0.15, 0.2) is 0 Å². The SMILES string of the molecule is COc1ccc(CN2CCCC(CC(=O)O)C2)c(F)c1. The van der Waals surface area contributed by atoms with Crippen molar-refractivity contribution in [1.29, 1.82) is 0 Å². The first-order valence-electron chi connectivity index (χ1n) is 6.85. The molecule has 1 aromatic rings. The lowest BCUT2D eigenvalue weighted by Crippen LogP contribution is -2.36. The Kier molecular flexibility index (Phi) is 4.95. The zero-order valence-corrected chi connectivity index (χ0v) is 11.6. The lowest BCUT2D eigenvalue weighted by atomic mass is 9.94. The van der Waals surface area contributed by atoms with Crippen LogP contribution in [0.25, 0.3) is 0 Å². The van der Waals surface area contributed by atoms with Crippen molar-refractivity contribution in [1.82, 2.24) is 4.90 Å². The number of hydrogen-bond donors (Lipinski definition) is 1. The molecule has 0 saturated carbocycles. The highest BCUT2D eigenvalue weighted by molar-refractivity contribution is 5.67. The number of halogens is 1. The molecule has 1 heterocycles. The molecule has 20 heavy (non-hydrogen) atoms. The quantitative estimate of drug-likeness (QED) is 0.901. The molecule has 1 aromatic carbocycles. The third kappa shape index (κ3) is 3.93. The second-order valence-corrected chi connectivity index (χ2v) is 5.30. The molecular formula is C15H20FNO3. The van der Waals surface area contributed by atoms with E-state index in [1.807, 2.05) is 0 Å². The van der Waals surface area contributed by atoms with Gasteiger partial charge < -0.3 is 9.84 Å². The van der Waals surface area contributed by atoms with Crippen molar-refractivity contribution in [3.8, 4) is 5.75 Å². The first kappa shape index (κ1) is 14.8. The second kappa shape index (κ2) is 6.70. The molecular weight excluding hydrogens is 261 g/mol. The molecule has 1 atom stereocenters. The van der Waals surface area contributed by atoms with E-state index in [2.05, 4.69) is 4.90 Å². The van der Waals surface area contributed by atoms with Crippen LogP contribution in [0, 0.1) is 11.7 Å². The minimum atomic E-state index is -0.757. The van der Waals surface area contributed by atoms with Gasteiger partial charge in [-0.05, 0) is 31.4 Å². The van der Waals surface area contributed by atoms with Crippen LogP contribution in [0.5, 0.6) is 5.75 Å². The molecule has 0 aliphatic carbocycles. The zero-order valence-electron chi connectivity index (χ0n) is 11.6. The van der Waals surface area contributed by atoms with E-state index in [0.717, 1.165) is 25.9 Å². The predicted octanol–water partition coefficient (Wildman–Crippen LogP) is 2.52. The summed E-state index contributed by atoms with van der Waals surface area (Å²) >= 11 is 0. The van der Waals surface area contributed by atoms with Crippen LogP contribution in [0.2, 0.25) is 0 Å². The van der Waals surface area contributed by atoms with Gasteiger partial charge >= 0.3 is 5.97 Å². The Hall–Kier alpha value is -1.62. The third-order valence-electron chi connectivity index (χ3n) is 3.72. The molecule has 1 unspecified atom stereocenters. The summed E-state index contributed by atoms with van der Waals surface area (Å²) in [5, 5.41) is 8.85. The minimum Gasteiger partial charge on any atom is -0.497 e. The summed E-state index contributed by atoms with van der Waals surface area (Å²) in [6.45, 7) is 2.13. The maximum atomic E-state index is 13.9. The molecule has 5 heteroatoms. The summed E-state index contributed by atoms with van der Waals surface area (Å²) in [5.74, 6) is -0.353. The number of carboxylic acids is 1. The van der Waals surface area contributed by atoms with Crippen LogP contribution in [-0.2, 0) is 11.3 Å².